The first kappa shape index (κ1) is 17.2. The van der Waals surface area contributed by atoms with Crippen LogP contribution in [0.4, 0.5) is 11.5 Å². The van der Waals surface area contributed by atoms with Crippen LogP contribution in [-0.2, 0) is 4.74 Å². The van der Waals surface area contributed by atoms with Crippen LogP contribution in [0.25, 0.3) is 11.0 Å². The van der Waals surface area contributed by atoms with Crippen LogP contribution in [0, 0.1) is 0 Å². The van der Waals surface area contributed by atoms with Gasteiger partial charge in [-0.2, -0.15) is 4.98 Å². The Morgan fingerprint density at radius 2 is 1.76 bits per heavy atom. The van der Waals surface area contributed by atoms with Gasteiger partial charge in [-0.1, -0.05) is 11.6 Å². The van der Waals surface area contributed by atoms with E-state index in [1.165, 1.54) is 13.2 Å². The van der Waals surface area contributed by atoms with Gasteiger partial charge in [0.15, 0.2) is 11.5 Å². The summed E-state index contributed by atoms with van der Waals surface area (Å²) in [6.45, 7) is 0. The van der Waals surface area contributed by atoms with Crippen molar-refractivity contribution in [2.45, 2.75) is 0 Å². The predicted molar refractivity (Wildman–Crippen MR) is 95.0 cm³/mol. The molecule has 1 aromatic carbocycles. The van der Waals surface area contributed by atoms with Crippen molar-refractivity contribution >= 4 is 51.7 Å². The van der Waals surface area contributed by atoms with Crippen LogP contribution in [0.5, 0.6) is 5.75 Å². The van der Waals surface area contributed by atoms with E-state index in [1.54, 1.807) is 31.4 Å². The molecule has 2 aromatic heterocycles. The molecule has 0 saturated carbocycles. The van der Waals surface area contributed by atoms with E-state index in [0.717, 1.165) is 5.69 Å². The molecule has 3 rings (SSSR count). The van der Waals surface area contributed by atoms with Crippen molar-refractivity contribution in [2.24, 2.45) is 0 Å². The fourth-order valence-electron chi connectivity index (χ4n) is 2.15. The number of nitrogens with one attached hydrogen (secondary N) is 1. The summed E-state index contributed by atoms with van der Waals surface area (Å²) in [4.78, 5) is 24.2. The van der Waals surface area contributed by atoms with Crippen LogP contribution in [0.15, 0.2) is 30.3 Å². The highest BCUT2D eigenvalue weighted by Gasteiger charge is 2.17. The maximum Gasteiger partial charge on any atom is 0.356 e. The van der Waals surface area contributed by atoms with Gasteiger partial charge in [0, 0.05) is 5.69 Å². The summed E-state index contributed by atoms with van der Waals surface area (Å²) in [5.74, 6) is 0.409. The van der Waals surface area contributed by atoms with Gasteiger partial charge in [0.2, 0.25) is 5.28 Å². The molecule has 0 radical (unpaired) electrons. The van der Waals surface area contributed by atoms with Gasteiger partial charge in [-0.05, 0) is 41.9 Å². The number of nitrogens with zero attached hydrogens (tertiary/aromatic N) is 3. The van der Waals surface area contributed by atoms with E-state index in [-0.39, 0.29) is 16.0 Å². The molecule has 0 unspecified atom stereocenters. The maximum absolute atomic E-state index is 11.8. The Bertz CT molecular complexity index is 948. The number of rotatable bonds is 4. The number of pyridine rings is 1. The Labute approximate surface area is 152 Å². The number of fused-ring (bicyclic) bond motifs is 1. The van der Waals surface area contributed by atoms with Crippen molar-refractivity contribution in [3.8, 4) is 5.75 Å². The molecule has 0 atom stereocenters. The Balaban J connectivity index is 2.11. The van der Waals surface area contributed by atoms with Crippen LogP contribution < -0.4 is 10.1 Å². The highest BCUT2D eigenvalue weighted by Crippen LogP contribution is 2.29. The lowest BCUT2D eigenvalue weighted by atomic mass is 10.2. The Morgan fingerprint density at radius 1 is 1.04 bits per heavy atom. The number of anilines is 2. The van der Waals surface area contributed by atoms with Crippen molar-refractivity contribution in [1.82, 2.24) is 15.0 Å². The first-order chi connectivity index (χ1) is 12.0. The molecule has 7 nitrogen and oxygen atoms in total. The predicted octanol–water partition coefficient (Wildman–Crippen LogP) is 3.87. The summed E-state index contributed by atoms with van der Waals surface area (Å²) in [6.07, 6.45) is 0. The number of hydrogen-bond acceptors (Lipinski definition) is 7. The molecule has 0 saturated heterocycles. The maximum atomic E-state index is 11.8. The van der Waals surface area contributed by atoms with Crippen molar-refractivity contribution in [1.29, 1.82) is 0 Å². The van der Waals surface area contributed by atoms with Gasteiger partial charge in [-0.15, -0.1) is 0 Å². The zero-order chi connectivity index (χ0) is 18.0. The van der Waals surface area contributed by atoms with Crippen LogP contribution in [0.3, 0.4) is 0 Å². The average molecular weight is 379 g/mol. The second-order valence-corrected chi connectivity index (χ2v) is 5.62. The van der Waals surface area contributed by atoms with E-state index in [0.29, 0.717) is 22.6 Å². The van der Waals surface area contributed by atoms with E-state index in [4.69, 9.17) is 27.9 Å². The zero-order valence-corrected chi connectivity index (χ0v) is 14.7. The minimum absolute atomic E-state index is 0.00182. The van der Waals surface area contributed by atoms with E-state index >= 15 is 0 Å². The quantitative estimate of drug-likeness (QED) is 0.544. The smallest absolute Gasteiger partial charge is 0.356 e. The topological polar surface area (TPSA) is 86.2 Å². The van der Waals surface area contributed by atoms with Gasteiger partial charge >= 0.3 is 5.97 Å². The SMILES string of the molecule is COC(=O)c1cc(Cl)c2nc(Cl)nc(Nc3ccc(OC)cc3)c2n1. The lowest BCUT2D eigenvalue weighted by Gasteiger charge is -2.11. The molecule has 0 fully saturated rings. The Kier molecular flexibility index (Phi) is 4.87. The van der Waals surface area contributed by atoms with Gasteiger partial charge in [-0.3, -0.25) is 0 Å². The third-order valence-corrected chi connectivity index (χ3v) is 3.78. The second-order valence-electron chi connectivity index (χ2n) is 4.87. The Hall–Kier alpha value is -2.64. The number of esters is 1. The summed E-state index contributed by atoms with van der Waals surface area (Å²) in [6, 6.07) is 8.54. The molecule has 3 aromatic rings. The Morgan fingerprint density at radius 3 is 2.40 bits per heavy atom. The third-order valence-electron chi connectivity index (χ3n) is 3.33. The van der Waals surface area contributed by atoms with Gasteiger partial charge in [0.25, 0.3) is 0 Å². The fourth-order valence-corrected chi connectivity index (χ4v) is 2.55. The number of halogens is 2. The lowest BCUT2D eigenvalue weighted by molar-refractivity contribution is 0.0594. The largest absolute Gasteiger partial charge is 0.497 e. The monoisotopic (exact) mass is 378 g/mol. The van der Waals surface area contributed by atoms with Gasteiger partial charge in [0.05, 0.1) is 19.2 Å². The lowest BCUT2D eigenvalue weighted by Crippen LogP contribution is -2.07. The molecule has 1 N–H and O–H groups in total. The van der Waals surface area contributed by atoms with Crippen LogP contribution in [0.2, 0.25) is 10.3 Å². The molecule has 0 amide bonds. The van der Waals surface area contributed by atoms with Crippen LogP contribution in [-0.4, -0.2) is 35.1 Å². The molecule has 0 aliphatic rings. The van der Waals surface area contributed by atoms with Gasteiger partial charge < -0.3 is 14.8 Å². The average Bonchev–Trinajstić information content (AvgIpc) is 2.62. The summed E-state index contributed by atoms with van der Waals surface area (Å²) in [5.41, 5.74) is 1.39. The summed E-state index contributed by atoms with van der Waals surface area (Å²) in [7, 11) is 2.84. The van der Waals surface area contributed by atoms with Crippen molar-refractivity contribution in [3.05, 3.63) is 46.3 Å². The first-order valence-corrected chi connectivity index (χ1v) is 7.80. The fraction of sp³-hybridized carbons (Fsp3) is 0.125. The number of benzene rings is 1. The normalized spacial score (nSPS) is 10.6. The van der Waals surface area contributed by atoms with E-state index < -0.39 is 5.97 Å². The number of methoxy groups -OCH3 is 2. The second kappa shape index (κ2) is 7.08. The molecular formula is C16H12Cl2N4O3. The molecular weight excluding hydrogens is 367 g/mol. The third kappa shape index (κ3) is 3.57. The van der Waals surface area contributed by atoms with Crippen LogP contribution >= 0.6 is 23.2 Å². The van der Waals surface area contributed by atoms with E-state index in [1.807, 2.05) is 0 Å². The number of ether oxygens (including phenoxy) is 2. The number of carbonyl (C=O) groups is 1. The molecule has 2 heterocycles. The molecule has 0 spiro atoms. The highest BCUT2D eigenvalue weighted by molar-refractivity contribution is 6.36. The number of carbonyl (C=O) groups excluding carboxylic acids is 1. The first-order valence-electron chi connectivity index (χ1n) is 7.05. The minimum Gasteiger partial charge on any atom is -0.497 e. The molecule has 0 aliphatic heterocycles. The summed E-state index contributed by atoms with van der Waals surface area (Å²) >= 11 is 12.2. The van der Waals surface area contributed by atoms with E-state index in [2.05, 4.69) is 25.0 Å². The van der Waals surface area contributed by atoms with Crippen molar-refractivity contribution < 1.29 is 14.3 Å². The molecule has 9 heteroatoms. The molecule has 128 valence electrons. The highest BCUT2D eigenvalue weighted by atomic mass is 35.5. The van der Waals surface area contributed by atoms with Crippen molar-refractivity contribution in [2.75, 3.05) is 19.5 Å². The zero-order valence-electron chi connectivity index (χ0n) is 13.2. The van der Waals surface area contributed by atoms with Crippen LogP contribution in [0.1, 0.15) is 10.5 Å². The van der Waals surface area contributed by atoms with Gasteiger partial charge in [-0.25, -0.2) is 14.8 Å². The summed E-state index contributed by atoms with van der Waals surface area (Å²) in [5, 5.41) is 3.30. The van der Waals surface area contributed by atoms with E-state index in [9.17, 15) is 4.79 Å². The summed E-state index contributed by atoms with van der Waals surface area (Å²) < 4.78 is 9.81. The molecule has 25 heavy (non-hydrogen) atoms. The van der Waals surface area contributed by atoms with Gasteiger partial charge in [0.1, 0.15) is 16.8 Å². The van der Waals surface area contributed by atoms with Crippen molar-refractivity contribution in [3.63, 3.8) is 0 Å². The number of hydrogen-bond donors (Lipinski definition) is 1. The molecule has 0 bridgehead atoms. The minimum atomic E-state index is -0.617. The molecule has 0 aliphatic carbocycles. The standard InChI is InChI=1S/C16H12Cl2N4O3/c1-24-9-5-3-8(4-6-9)19-14-13-12(21-16(18)22-14)10(17)7-11(20-13)15(23)25-2/h3-7H,1-2H3,(H,19,21,22). The number of aromatic nitrogens is 3.